The Kier molecular flexibility index (Phi) is 10.5. The molecule has 1 unspecified atom stereocenters. The molecule has 0 spiro atoms. The highest BCUT2D eigenvalue weighted by molar-refractivity contribution is 14.0. The number of aliphatic hydroxyl groups is 1. The lowest BCUT2D eigenvalue weighted by Crippen LogP contribution is -2.39. The third kappa shape index (κ3) is 8.35. The summed E-state index contributed by atoms with van der Waals surface area (Å²) >= 11 is 1.59. The molecule has 0 saturated heterocycles. The van der Waals surface area contributed by atoms with Crippen molar-refractivity contribution in [2.45, 2.75) is 33.1 Å². The Balaban J connectivity index is 0.00000364. The van der Waals surface area contributed by atoms with Crippen LogP contribution in [0, 0.1) is 6.92 Å². The number of aromatic nitrogens is 1. The smallest absolute Gasteiger partial charge is 0.387 e. The number of nitrogens with zero attached hydrogens (tertiary/aromatic N) is 2. The second-order valence-corrected chi connectivity index (χ2v) is 6.72. The molecular weight excluding hydrogens is 489 g/mol. The minimum atomic E-state index is -2.87. The lowest BCUT2D eigenvalue weighted by molar-refractivity contribution is -0.0498. The van der Waals surface area contributed by atoms with Crippen molar-refractivity contribution in [2.75, 3.05) is 13.1 Å². The maximum absolute atomic E-state index is 12.2. The van der Waals surface area contributed by atoms with Crippen molar-refractivity contribution in [1.29, 1.82) is 0 Å². The topological polar surface area (TPSA) is 78.8 Å². The zero-order valence-electron chi connectivity index (χ0n) is 15.0. The molecule has 0 aliphatic carbocycles. The number of ether oxygens (including phenoxy) is 1. The molecule has 10 heteroatoms. The van der Waals surface area contributed by atoms with Crippen molar-refractivity contribution in [3.8, 4) is 5.75 Å². The molecule has 3 N–H and O–H groups in total. The Hall–Kier alpha value is -1.53. The fourth-order valence-electron chi connectivity index (χ4n) is 2.15. The van der Waals surface area contributed by atoms with Gasteiger partial charge in [0.25, 0.3) is 0 Å². The van der Waals surface area contributed by atoms with Crippen LogP contribution in [0.4, 0.5) is 8.78 Å². The van der Waals surface area contributed by atoms with E-state index in [2.05, 4.69) is 25.3 Å². The van der Waals surface area contributed by atoms with Gasteiger partial charge in [0, 0.05) is 24.2 Å². The molecule has 0 bridgehead atoms. The molecule has 1 heterocycles. The van der Waals surface area contributed by atoms with E-state index in [-0.39, 0.29) is 36.3 Å². The predicted molar refractivity (Wildman–Crippen MR) is 113 cm³/mol. The van der Waals surface area contributed by atoms with Gasteiger partial charge in [0.05, 0.1) is 12.6 Å². The zero-order chi connectivity index (χ0) is 18.9. The number of aliphatic hydroxyl groups excluding tert-OH is 1. The summed E-state index contributed by atoms with van der Waals surface area (Å²) in [5.41, 5.74) is 0.588. The molecule has 1 aromatic carbocycles. The van der Waals surface area contributed by atoms with Crippen molar-refractivity contribution in [3.05, 3.63) is 45.9 Å². The van der Waals surface area contributed by atoms with E-state index in [0.29, 0.717) is 24.6 Å². The summed E-state index contributed by atoms with van der Waals surface area (Å²) < 4.78 is 28.6. The van der Waals surface area contributed by atoms with Gasteiger partial charge in [-0.3, -0.25) is 0 Å². The average Bonchev–Trinajstić information content (AvgIpc) is 3.02. The van der Waals surface area contributed by atoms with Gasteiger partial charge >= 0.3 is 6.61 Å². The number of aryl methyl sites for hydroxylation is 1. The molecule has 0 saturated carbocycles. The fourth-order valence-corrected chi connectivity index (χ4v) is 2.86. The molecule has 0 radical (unpaired) electrons. The summed E-state index contributed by atoms with van der Waals surface area (Å²) in [6, 6.07) is 5.89. The number of guanidine groups is 1. The largest absolute Gasteiger partial charge is 0.435 e. The molecule has 1 atom stereocenters. The van der Waals surface area contributed by atoms with Crippen molar-refractivity contribution >= 4 is 41.3 Å². The van der Waals surface area contributed by atoms with Gasteiger partial charge in [0.1, 0.15) is 10.8 Å². The van der Waals surface area contributed by atoms with E-state index in [0.717, 1.165) is 9.88 Å². The summed E-state index contributed by atoms with van der Waals surface area (Å²) in [6.45, 7) is 2.42. The maximum Gasteiger partial charge on any atom is 0.387 e. The van der Waals surface area contributed by atoms with E-state index in [1.807, 2.05) is 13.8 Å². The second kappa shape index (κ2) is 12.0. The quantitative estimate of drug-likeness (QED) is 0.287. The van der Waals surface area contributed by atoms with Gasteiger partial charge in [-0.2, -0.15) is 8.78 Å². The first kappa shape index (κ1) is 23.5. The molecule has 0 amide bonds. The van der Waals surface area contributed by atoms with E-state index in [9.17, 15) is 13.9 Å². The van der Waals surface area contributed by atoms with E-state index < -0.39 is 12.7 Å². The fraction of sp³-hybridized carbons (Fsp3) is 0.412. The maximum atomic E-state index is 12.2. The van der Waals surface area contributed by atoms with Gasteiger partial charge in [0.15, 0.2) is 5.96 Å². The first-order valence-electron chi connectivity index (χ1n) is 8.14. The molecule has 6 nitrogen and oxygen atoms in total. The first-order chi connectivity index (χ1) is 12.5. The van der Waals surface area contributed by atoms with Crippen LogP contribution in [-0.2, 0) is 6.54 Å². The Morgan fingerprint density at radius 3 is 2.56 bits per heavy atom. The van der Waals surface area contributed by atoms with Crippen LogP contribution in [0.3, 0.4) is 0 Å². The van der Waals surface area contributed by atoms with E-state index in [4.69, 9.17) is 0 Å². The summed E-state index contributed by atoms with van der Waals surface area (Å²) in [5.74, 6) is 0.620. The molecule has 1 aromatic heterocycles. The Morgan fingerprint density at radius 2 is 2.00 bits per heavy atom. The number of benzene rings is 1. The molecule has 0 fully saturated rings. The van der Waals surface area contributed by atoms with E-state index in [1.165, 1.54) is 12.1 Å². The average molecular weight is 512 g/mol. The van der Waals surface area contributed by atoms with Gasteiger partial charge in [-0.1, -0.05) is 12.1 Å². The highest BCUT2D eigenvalue weighted by Crippen LogP contribution is 2.19. The van der Waals surface area contributed by atoms with Gasteiger partial charge in [0.2, 0.25) is 0 Å². The van der Waals surface area contributed by atoms with Crippen LogP contribution in [0.25, 0.3) is 0 Å². The molecule has 2 aromatic rings. The van der Waals surface area contributed by atoms with Crippen LogP contribution < -0.4 is 15.4 Å². The molecule has 2 rings (SSSR count). The first-order valence-corrected chi connectivity index (χ1v) is 8.96. The van der Waals surface area contributed by atoms with Gasteiger partial charge < -0.3 is 20.5 Å². The van der Waals surface area contributed by atoms with Crippen LogP contribution in [0.5, 0.6) is 5.75 Å². The van der Waals surface area contributed by atoms with Crippen LogP contribution in [0.1, 0.15) is 28.5 Å². The highest BCUT2D eigenvalue weighted by Gasteiger charge is 2.10. The molecule has 0 aliphatic heterocycles. The van der Waals surface area contributed by atoms with Crippen LogP contribution in [0.2, 0.25) is 0 Å². The molecule has 27 heavy (non-hydrogen) atoms. The number of rotatable bonds is 8. The number of nitrogens with one attached hydrogen (secondary N) is 2. The Morgan fingerprint density at radius 1 is 1.30 bits per heavy atom. The zero-order valence-corrected chi connectivity index (χ0v) is 18.1. The minimum Gasteiger partial charge on any atom is -0.435 e. The molecule has 150 valence electrons. The SMILES string of the molecule is CCNC(=NCc1ncc(C)s1)NCC(O)c1ccc(OC(F)F)cc1.I. The molecular formula is C17H23F2IN4O2S. The predicted octanol–water partition coefficient (Wildman–Crippen LogP) is 3.46. The van der Waals surface area contributed by atoms with Crippen molar-refractivity contribution in [3.63, 3.8) is 0 Å². The summed E-state index contributed by atoms with van der Waals surface area (Å²) in [4.78, 5) is 9.83. The van der Waals surface area contributed by atoms with Crippen LogP contribution in [-0.4, -0.2) is 35.8 Å². The lowest BCUT2D eigenvalue weighted by Gasteiger charge is -2.16. The normalized spacial score (nSPS) is 12.4. The number of hydrogen-bond acceptors (Lipinski definition) is 5. The minimum absolute atomic E-state index is 0. The van der Waals surface area contributed by atoms with E-state index in [1.54, 1.807) is 29.7 Å². The van der Waals surface area contributed by atoms with Crippen molar-refractivity contribution in [2.24, 2.45) is 4.99 Å². The second-order valence-electron chi connectivity index (χ2n) is 5.40. The van der Waals surface area contributed by atoms with Crippen molar-refractivity contribution in [1.82, 2.24) is 15.6 Å². The highest BCUT2D eigenvalue weighted by atomic mass is 127. The third-order valence-corrected chi connectivity index (χ3v) is 4.24. The van der Waals surface area contributed by atoms with Crippen molar-refractivity contribution < 1.29 is 18.6 Å². The number of alkyl halides is 2. The third-order valence-electron chi connectivity index (χ3n) is 3.34. The number of hydrogen-bond donors (Lipinski definition) is 3. The van der Waals surface area contributed by atoms with E-state index >= 15 is 0 Å². The number of aliphatic imine (C=N–C) groups is 1. The summed E-state index contributed by atoms with van der Waals surface area (Å²) in [7, 11) is 0. The van der Waals surface area contributed by atoms with Gasteiger partial charge in [-0.05, 0) is 31.5 Å². The number of halogens is 3. The van der Waals surface area contributed by atoms with Crippen LogP contribution >= 0.6 is 35.3 Å². The summed E-state index contributed by atoms with van der Waals surface area (Å²) in [6.07, 6.45) is 0.989. The van der Waals surface area contributed by atoms with Gasteiger partial charge in [-0.15, -0.1) is 35.3 Å². The Bertz CT molecular complexity index is 713. The summed E-state index contributed by atoms with van der Waals surface area (Å²) in [5, 5.41) is 17.3. The standard InChI is InChI=1S/C17H22F2N4O2S.HI/c1-3-20-17(23-10-15-21-8-11(2)26-15)22-9-14(24)12-4-6-13(7-5-12)25-16(18)19;/h4-8,14,16,24H,3,9-10H2,1-2H3,(H2,20,22,23);1H. The van der Waals surface area contributed by atoms with Gasteiger partial charge in [-0.25, -0.2) is 9.98 Å². The lowest BCUT2D eigenvalue weighted by atomic mass is 10.1. The Labute approximate surface area is 178 Å². The monoisotopic (exact) mass is 512 g/mol. The number of thiazole rings is 1. The molecule has 0 aliphatic rings. The van der Waals surface area contributed by atoms with Crippen LogP contribution in [0.15, 0.2) is 35.5 Å².